The fourth-order valence-electron chi connectivity index (χ4n) is 1.70. The van der Waals surface area contributed by atoms with Crippen molar-refractivity contribution in [2.45, 2.75) is 39.8 Å². The fourth-order valence-corrected chi connectivity index (χ4v) is 1.70. The highest BCUT2D eigenvalue weighted by atomic mass is 16.5. The summed E-state index contributed by atoms with van der Waals surface area (Å²) in [5.41, 5.74) is 0. The van der Waals surface area contributed by atoms with Gasteiger partial charge in [-0.1, -0.05) is 13.8 Å². The van der Waals surface area contributed by atoms with E-state index in [0.717, 1.165) is 31.8 Å². The average molecular weight is 255 g/mol. The molecule has 7 nitrogen and oxygen atoms in total. The standard InChI is InChI=1S/C11H21N5O2/c1-4-6-15(9-11(17)18-3)8-10-12-13-14-16(10)7-5-2/h4-9H2,1-3H3. The second-order valence-corrected chi connectivity index (χ2v) is 4.11. The number of carbonyl (C=O) groups is 1. The number of rotatable bonds is 8. The number of hydrogen-bond donors (Lipinski definition) is 0. The second kappa shape index (κ2) is 7.75. The highest BCUT2D eigenvalue weighted by Crippen LogP contribution is 2.02. The molecule has 102 valence electrons. The summed E-state index contributed by atoms with van der Waals surface area (Å²) >= 11 is 0. The lowest BCUT2D eigenvalue weighted by atomic mass is 10.3. The van der Waals surface area contributed by atoms with Crippen LogP contribution in [0.3, 0.4) is 0 Å². The predicted octanol–water partition coefficient (Wildman–Crippen LogP) is 0.468. The van der Waals surface area contributed by atoms with Gasteiger partial charge in [0.1, 0.15) is 0 Å². The van der Waals surface area contributed by atoms with Crippen molar-refractivity contribution in [3.8, 4) is 0 Å². The molecule has 1 aromatic rings. The molecule has 0 aliphatic carbocycles. The summed E-state index contributed by atoms with van der Waals surface area (Å²) in [6.45, 7) is 6.58. The van der Waals surface area contributed by atoms with Gasteiger partial charge < -0.3 is 4.74 Å². The Labute approximate surface area is 107 Å². The Morgan fingerprint density at radius 2 is 2.17 bits per heavy atom. The summed E-state index contributed by atoms with van der Waals surface area (Å²) in [4.78, 5) is 13.3. The van der Waals surface area contributed by atoms with Gasteiger partial charge in [0.2, 0.25) is 0 Å². The minimum Gasteiger partial charge on any atom is -0.468 e. The molecular formula is C11H21N5O2. The normalized spacial score (nSPS) is 10.9. The lowest BCUT2D eigenvalue weighted by Gasteiger charge is -2.19. The Balaban J connectivity index is 2.63. The summed E-state index contributed by atoms with van der Waals surface area (Å²) in [5, 5.41) is 11.6. The van der Waals surface area contributed by atoms with Crippen molar-refractivity contribution in [3.63, 3.8) is 0 Å². The molecule has 0 aliphatic rings. The van der Waals surface area contributed by atoms with Crippen LogP contribution in [0.4, 0.5) is 0 Å². The number of esters is 1. The SMILES string of the molecule is CCCN(CC(=O)OC)Cc1nnnn1CCC. The Hall–Kier alpha value is -1.50. The molecule has 0 saturated heterocycles. The van der Waals surface area contributed by atoms with Crippen molar-refractivity contribution in [2.75, 3.05) is 20.2 Å². The van der Waals surface area contributed by atoms with E-state index in [-0.39, 0.29) is 12.5 Å². The van der Waals surface area contributed by atoms with Crippen molar-refractivity contribution in [1.29, 1.82) is 0 Å². The van der Waals surface area contributed by atoms with Crippen LogP contribution < -0.4 is 0 Å². The highest BCUT2D eigenvalue weighted by Gasteiger charge is 2.14. The van der Waals surface area contributed by atoms with Gasteiger partial charge in [-0.3, -0.25) is 9.69 Å². The molecule has 0 amide bonds. The van der Waals surface area contributed by atoms with E-state index in [0.29, 0.717) is 6.54 Å². The first-order chi connectivity index (χ1) is 8.71. The van der Waals surface area contributed by atoms with Gasteiger partial charge in [0.15, 0.2) is 5.82 Å². The minimum atomic E-state index is -0.238. The molecule has 7 heteroatoms. The van der Waals surface area contributed by atoms with E-state index in [4.69, 9.17) is 0 Å². The molecule has 0 saturated carbocycles. The molecular weight excluding hydrogens is 234 g/mol. The molecule has 1 heterocycles. The van der Waals surface area contributed by atoms with Gasteiger partial charge in [-0.25, -0.2) is 4.68 Å². The molecule has 0 radical (unpaired) electrons. The van der Waals surface area contributed by atoms with Crippen LogP contribution in [0, 0.1) is 0 Å². The Kier molecular flexibility index (Phi) is 6.27. The van der Waals surface area contributed by atoms with E-state index in [2.05, 4.69) is 34.1 Å². The highest BCUT2D eigenvalue weighted by molar-refractivity contribution is 5.71. The Morgan fingerprint density at radius 3 is 2.78 bits per heavy atom. The number of ether oxygens (including phenoxy) is 1. The van der Waals surface area contributed by atoms with Gasteiger partial charge in [0, 0.05) is 6.54 Å². The molecule has 18 heavy (non-hydrogen) atoms. The zero-order valence-corrected chi connectivity index (χ0v) is 11.3. The Morgan fingerprint density at radius 1 is 1.39 bits per heavy atom. The largest absolute Gasteiger partial charge is 0.468 e. The van der Waals surface area contributed by atoms with Gasteiger partial charge in [0.05, 0.1) is 20.2 Å². The van der Waals surface area contributed by atoms with Crippen molar-refractivity contribution in [1.82, 2.24) is 25.1 Å². The number of nitrogens with zero attached hydrogens (tertiary/aromatic N) is 5. The van der Waals surface area contributed by atoms with E-state index in [1.165, 1.54) is 7.11 Å². The van der Waals surface area contributed by atoms with Crippen molar-refractivity contribution in [3.05, 3.63) is 5.82 Å². The van der Waals surface area contributed by atoms with Gasteiger partial charge in [-0.2, -0.15) is 0 Å². The summed E-state index contributed by atoms with van der Waals surface area (Å²) in [7, 11) is 1.40. The van der Waals surface area contributed by atoms with Crippen LogP contribution in [-0.2, 0) is 22.6 Å². The smallest absolute Gasteiger partial charge is 0.319 e. The van der Waals surface area contributed by atoms with Gasteiger partial charge in [-0.05, 0) is 29.8 Å². The number of carbonyl (C=O) groups excluding carboxylic acids is 1. The molecule has 0 fully saturated rings. The zero-order chi connectivity index (χ0) is 13.4. The third kappa shape index (κ3) is 4.40. The molecule has 1 aromatic heterocycles. The monoisotopic (exact) mass is 255 g/mol. The minimum absolute atomic E-state index is 0.238. The summed E-state index contributed by atoms with van der Waals surface area (Å²) < 4.78 is 6.46. The van der Waals surface area contributed by atoms with Crippen molar-refractivity contribution >= 4 is 5.97 Å². The molecule has 1 rings (SSSR count). The molecule has 0 aliphatic heterocycles. The summed E-state index contributed by atoms with van der Waals surface area (Å²) in [6, 6.07) is 0. The summed E-state index contributed by atoms with van der Waals surface area (Å²) in [6.07, 6.45) is 1.94. The molecule has 0 N–H and O–H groups in total. The van der Waals surface area contributed by atoms with Crippen LogP contribution in [0.5, 0.6) is 0 Å². The van der Waals surface area contributed by atoms with Crippen LogP contribution >= 0.6 is 0 Å². The van der Waals surface area contributed by atoms with Gasteiger partial charge in [-0.15, -0.1) is 5.10 Å². The lowest BCUT2D eigenvalue weighted by Crippen LogP contribution is -2.32. The van der Waals surface area contributed by atoms with Gasteiger partial charge in [0.25, 0.3) is 0 Å². The van der Waals surface area contributed by atoms with E-state index >= 15 is 0 Å². The number of tetrazole rings is 1. The first-order valence-electron chi connectivity index (χ1n) is 6.25. The maximum Gasteiger partial charge on any atom is 0.319 e. The Bertz CT molecular complexity index is 366. The van der Waals surface area contributed by atoms with Gasteiger partial charge >= 0.3 is 5.97 Å². The van der Waals surface area contributed by atoms with E-state index in [9.17, 15) is 4.79 Å². The third-order valence-corrected chi connectivity index (χ3v) is 2.53. The first kappa shape index (κ1) is 14.6. The van der Waals surface area contributed by atoms with Crippen LogP contribution in [0.25, 0.3) is 0 Å². The van der Waals surface area contributed by atoms with Crippen LogP contribution in [0.1, 0.15) is 32.5 Å². The number of methoxy groups -OCH3 is 1. The van der Waals surface area contributed by atoms with Crippen LogP contribution in [0.2, 0.25) is 0 Å². The first-order valence-corrected chi connectivity index (χ1v) is 6.25. The average Bonchev–Trinajstić information content (AvgIpc) is 2.77. The molecule has 0 spiro atoms. The van der Waals surface area contributed by atoms with Crippen molar-refractivity contribution in [2.24, 2.45) is 0 Å². The fraction of sp³-hybridized carbons (Fsp3) is 0.818. The molecule has 0 aromatic carbocycles. The third-order valence-electron chi connectivity index (χ3n) is 2.53. The molecule has 0 atom stereocenters. The second-order valence-electron chi connectivity index (χ2n) is 4.11. The topological polar surface area (TPSA) is 73.1 Å². The molecule has 0 unspecified atom stereocenters. The lowest BCUT2D eigenvalue weighted by molar-refractivity contribution is -0.142. The number of aryl methyl sites for hydroxylation is 1. The van der Waals surface area contributed by atoms with E-state index < -0.39 is 0 Å². The number of aromatic nitrogens is 4. The predicted molar refractivity (Wildman–Crippen MR) is 65.7 cm³/mol. The van der Waals surface area contributed by atoms with Crippen LogP contribution in [0.15, 0.2) is 0 Å². The number of hydrogen-bond acceptors (Lipinski definition) is 6. The molecule has 0 bridgehead atoms. The maximum absolute atomic E-state index is 11.3. The van der Waals surface area contributed by atoms with Crippen molar-refractivity contribution < 1.29 is 9.53 Å². The van der Waals surface area contributed by atoms with E-state index in [1.54, 1.807) is 4.68 Å². The van der Waals surface area contributed by atoms with E-state index in [1.807, 2.05) is 4.90 Å². The summed E-state index contributed by atoms with van der Waals surface area (Å²) in [5.74, 6) is 0.548. The van der Waals surface area contributed by atoms with Crippen LogP contribution in [-0.4, -0.2) is 51.3 Å². The zero-order valence-electron chi connectivity index (χ0n) is 11.3. The quantitative estimate of drug-likeness (QED) is 0.629. The maximum atomic E-state index is 11.3.